The number of nitrogens with one attached hydrogen (secondary N) is 2. The van der Waals surface area contributed by atoms with Gasteiger partial charge < -0.3 is 9.73 Å². The molecule has 2 heterocycles. The van der Waals surface area contributed by atoms with Crippen LogP contribution in [-0.2, 0) is 6.54 Å². The number of hydrogen-bond donors (Lipinski definition) is 2. The van der Waals surface area contributed by atoms with Crippen molar-refractivity contribution < 1.29 is 9.21 Å². The van der Waals surface area contributed by atoms with Gasteiger partial charge in [-0.2, -0.15) is 0 Å². The van der Waals surface area contributed by atoms with E-state index in [1.165, 1.54) is 18.6 Å². The SMILES string of the molecule is O=C(NCc1ccco1)Nc1cnccn1. The lowest BCUT2D eigenvalue weighted by molar-refractivity contribution is 0.250. The molecule has 2 N–H and O–H groups in total. The predicted molar refractivity (Wildman–Crippen MR) is 56.6 cm³/mol. The van der Waals surface area contributed by atoms with Gasteiger partial charge in [0.25, 0.3) is 0 Å². The number of nitrogens with zero attached hydrogens (tertiary/aromatic N) is 2. The van der Waals surface area contributed by atoms with Gasteiger partial charge in [0.1, 0.15) is 5.76 Å². The van der Waals surface area contributed by atoms with Crippen LogP contribution in [0, 0.1) is 0 Å². The molecule has 0 aromatic carbocycles. The van der Waals surface area contributed by atoms with E-state index in [0.29, 0.717) is 18.1 Å². The number of furan rings is 1. The van der Waals surface area contributed by atoms with E-state index in [2.05, 4.69) is 20.6 Å². The van der Waals surface area contributed by atoms with Crippen LogP contribution in [0.25, 0.3) is 0 Å². The van der Waals surface area contributed by atoms with E-state index in [0.717, 1.165) is 0 Å². The van der Waals surface area contributed by atoms with Crippen LogP contribution in [0.1, 0.15) is 5.76 Å². The van der Waals surface area contributed by atoms with Crippen molar-refractivity contribution in [1.29, 1.82) is 0 Å². The summed E-state index contributed by atoms with van der Waals surface area (Å²) in [6, 6.07) is 3.19. The molecule has 0 unspecified atom stereocenters. The van der Waals surface area contributed by atoms with Gasteiger partial charge in [0, 0.05) is 12.4 Å². The maximum Gasteiger partial charge on any atom is 0.320 e. The predicted octanol–water partition coefficient (Wildman–Crippen LogP) is 1.39. The molecule has 16 heavy (non-hydrogen) atoms. The summed E-state index contributed by atoms with van der Waals surface area (Å²) in [6.45, 7) is 0.332. The highest BCUT2D eigenvalue weighted by atomic mass is 16.3. The molecule has 6 heteroatoms. The largest absolute Gasteiger partial charge is 0.467 e. The first-order chi connectivity index (χ1) is 7.84. The Morgan fingerprint density at radius 2 is 2.38 bits per heavy atom. The van der Waals surface area contributed by atoms with Crippen molar-refractivity contribution in [1.82, 2.24) is 15.3 Å². The Labute approximate surface area is 91.7 Å². The molecule has 2 rings (SSSR count). The number of carbonyl (C=O) groups excluding carboxylic acids is 1. The minimum absolute atomic E-state index is 0.332. The summed E-state index contributed by atoms with van der Waals surface area (Å²) in [7, 11) is 0. The molecule has 0 fully saturated rings. The zero-order valence-corrected chi connectivity index (χ0v) is 8.38. The average Bonchev–Trinajstić information content (AvgIpc) is 2.81. The van der Waals surface area contributed by atoms with Gasteiger partial charge in [-0.25, -0.2) is 9.78 Å². The van der Waals surface area contributed by atoms with Crippen molar-refractivity contribution in [2.24, 2.45) is 0 Å². The van der Waals surface area contributed by atoms with Gasteiger partial charge in [0.05, 0.1) is 19.0 Å². The summed E-state index contributed by atoms with van der Waals surface area (Å²) in [5.74, 6) is 1.09. The zero-order valence-electron chi connectivity index (χ0n) is 8.38. The fraction of sp³-hybridized carbons (Fsp3) is 0.100. The van der Waals surface area contributed by atoms with Crippen molar-refractivity contribution in [2.75, 3.05) is 5.32 Å². The molecule has 82 valence electrons. The Balaban J connectivity index is 1.81. The summed E-state index contributed by atoms with van der Waals surface area (Å²) in [4.78, 5) is 19.1. The van der Waals surface area contributed by atoms with Crippen molar-refractivity contribution >= 4 is 11.8 Å². The van der Waals surface area contributed by atoms with Crippen LogP contribution in [0.3, 0.4) is 0 Å². The molecular weight excluding hydrogens is 208 g/mol. The monoisotopic (exact) mass is 218 g/mol. The smallest absolute Gasteiger partial charge is 0.320 e. The maximum absolute atomic E-state index is 11.4. The number of amides is 2. The molecule has 0 radical (unpaired) electrons. The van der Waals surface area contributed by atoms with Gasteiger partial charge in [0.15, 0.2) is 5.82 Å². The quantitative estimate of drug-likeness (QED) is 0.815. The third kappa shape index (κ3) is 2.81. The van der Waals surface area contributed by atoms with Crippen molar-refractivity contribution in [3.05, 3.63) is 42.7 Å². The van der Waals surface area contributed by atoms with Crippen LogP contribution in [0.2, 0.25) is 0 Å². The highest BCUT2D eigenvalue weighted by Gasteiger charge is 2.02. The molecule has 0 atom stereocenters. The molecule has 0 aliphatic heterocycles. The van der Waals surface area contributed by atoms with E-state index < -0.39 is 0 Å². The number of rotatable bonds is 3. The lowest BCUT2D eigenvalue weighted by Crippen LogP contribution is -2.28. The number of urea groups is 1. The molecule has 0 aliphatic rings. The Hall–Kier alpha value is -2.37. The summed E-state index contributed by atoms with van der Waals surface area (Å²) in [6.07, 6.45) is 6.05. The van der Waals surface area contributed by atoms with Gasteiger partial charge in [0.2, 0.25) is 0 Å². The maximum atomic E-state index is 11.4. The lowest BCUT2D eigenvalue weighted by Gasteiger charge is -2.04. The first-order valence-electron chi connectivity index (χ1n) is 4.68. The number of hydrogen-bond acceptors (Lipinski definition) is 4. The van der Waals surface area contributed by atoms with E-state index in [1.54, 1.807) is 18.4 Å². The van der Waals surface area contributed by atoms with Gasteiger partial charge in [-0.3, -0.25) is 10.3 Å². The van der Waals surface area contributed by atoms with Crippen molar-refractivity contribution in [2.45, 2.75) is 6.54 Å². The van der Waals surface area contributed by atoms with Crippen LogP contribution < -0.4 is 10.6 Å². The van der Waals surface area contributed by atoms with Crippen LogP contribution in [0.15, 0.2) is 41.4 Å². The topological polar surface area (TPSA) is 80.0 Å². The van der Waals surface area contributed by atoms with E-state index in [9.17, 15) is 4.79 Å². The lowest BCUT2D eigenvalue weighted by atomic mass is 10.4. The Morgan fingerprint density at radius 3 is 3.06 bits per heavy atom. The summed E-state index contributed by atoms with van der Waals surface area (Å²) in [5, 5.41) is 5.16. The fourth-order valence-electron chi connectivity index (χ4n) is 1.10. The Morgan fingerprint density at radius 1 is 1.44 bits per heavy atom. The van der Waals surface area contributed by atoms with Crippen molar-refractivity contribution in [3.63, 3.8) is 0 Å². The second kappa shape index (κ2) is 4.92. The average molecular weight is 218 g/mol. The molecule has 0 saturated heterocycles. The van der Waals surface area contributed by atoms with Gasteiger partial charge >= 0.3 is 6.03 Å². The highest BCUT2D eigenvalue weighted by molar-refractivity contribution is 5.87. The van der Waals surface area contributed by atoms with Crippen LogP contribution in [0.4, 0.5) is 10.6 Å². The first kappa shape index (κ1) is 10.2. The number of aromatic nitrogens is 2. The van der Waals surface area contributed by atoms with E-state index in [1.807, 2.05) is 0 Å². The molecule has 0 aliphatic carbocycles. The normalized spacial score (nSPS) is 9.75. The van der Waals surface area contributed by atoms with Crippen molar-refractivity contribution in [3.8, 4) is 0 Å². The standard InChI is InChI=1S/C10H10N4O2/c15-10(13-6-8-2-1-5-16-8)14-9-7-11-3-4-12-9/h1-5,7H,6H2,(H2,12,13,14,15). The third-order valence-corrected chi connectivity index (χ3v) is 1.81. The zero-order chi connectivity index (χ0) is 11.2. The molecular formula is C10H10N4O2. The molecule has 0 spiro atoms. The third-order valence-electron chi connectivity index (χ3n) is 1.81. The fourth-order valence-corrected chi connectivity index (χ4v) is 1.10. The molecule has 2 amide bonds. The first-order valence-corrected chi connectivity index (χ1v) is 4.68. The molecule has 0 bridgehead atoms. The minimum atomic E-state index is -0.350. The summed E-state index contributed by atoms with van der Waals surface area (Å²) < 4.78 is 5.06. The molecule has 6 nitrogen and oxygen atoms in total. The minimum Gasteiger partial charge on any atom is -0.467 e. The summed E-state index contributed by atoms with van der Waals surface area (Å²) in [5.41, 5.74) is 0. The van der Waals surface area contributed by atoms with Gasteiger partial charge in [-0.05, 0) is 12.1 Å². The van der Waals surface area contributed by atoms with Crippen LogP contribution >= 0.6 is 0 Å². The van der Waals surface area contributed by atoms with Crippen LogP contribution in [0.5, 0.6) is 0 Å². The second-order valence-corrected chi connectivity index (χ2v) is 2.98. The Kier molecular flexibility index (Phi) is 3.12. The van der Waals surface area contributed by atoms with E-state index >= 15 is 0 Å². The van der Waals surface area contributed by atoms with E-state index in [4.69, 9.17) is 4.42 Å². The second-order valence-electron chi connectivity index (χ2n) is 2.98. The highest BCUT2D eigenvalue weighted by Crippen LogP contribution is 2.00. The molecule has 0 saturated carbocycles. The van der Waals surface area contributed by atoms with Gasteiger partial charge in [-0.1, -0.05) is 0 Å². The number of carbonyl (C=O) groups is 1. The van der Waals surface area contributed by atoms with Gasteiger partial charge in [-0.15, -0.1) is 0 Å². The Bertz CT molecular complexity index is 441. The van der Waals surface area contributed by atoms with Crippen LogP contribution in [-0.4, -0.2) is 16.0 Å². The molecule has 2 aromatic heterocycles. The molecule has 2 aromatic rings. The number of anilines is 1. The summed E-state index contributed by atoms with van der Waals surface area (Å²) >= 11 is 0. The van der Waals surface area contributed by atoms with E-state index in [-0.39, 0.29) is 6.03 Å².